The normalized spacial score (nSPS) is 16.3. The van der Waals surface area contributed by atoms with Gasteiger partial charge in [0, 0.05) is 24.1 Å². The predicted molar refractivity (Wildman–Crippen MR) is 116 cm³/mol. The number of hydrogen-bond donors (Lipinski definition) is 1. The summed E-state index contributed by atoms with van der Waals surface area (Å²) in [4.78, 5) is 21.8. The van der Waals surface area contributed by atoms with Gasteiger partial charge in [0.2, 0.25) is 5.91 Å². The minimum atomic E-state index is -0.0398. The number of aromatic nitrogens is 4. The van der Waals surface area contributed by atoms with Crippen LogP contribution in [0, 0.1) is 0 Å². The number of benzene rings is 2. The van der Waals surface area contributed by atoms with E-state index in [1.54, 1.807) is 4.52 Å². The molecule has 0 unspecified atom stereocenters. The number of amides is 1. The first-order valence-electron chi connectivity index (χ1n) is 10.00. The molecular formula is C22H21N5O2S. The highest BCUT2D eigenvalue weighted by molar-refractivity contribution is 7.99. The maximum atomic E-state index is 12.3. The van der Waals surface area contributed by atoms with E-state index in [9.17, 15) is 4.79 Å². The summed E-state index contributed by atoms with van der Waals surface area (Å²) < 4.78 is 7.30. The van der Waals surface area contributed by atoms with Gasteiger partial charge in [-0.05, 0) is 25.0 Å². The lowest BCUT2D eigenvalue weighted by molar-refractivity contribution is -0.119. The smallest absolute Gasteiger partial charge is 0.230 e. The van der Waals surface area contributed by atoms with Crippen LogP contribution in [0.25, 0.3) is 27.9 Å². The molecule has 4 aromatic rings. The largest absolute Gasteiger partial charge is 0.376 e. The lowest BCUT2D eigenvalue weighted by Gasteiger charge is -2.10. The molecule has 1 atom stereocenters. The van der Waals surface area contributed by atoms with Crippen LogP contribution < -0.4 is 5.32 Å². The number of nitrogens with zero attached hydrogens (tertiary/aromatic N) is 4. The van der Waals surface area contributed by atoms with Crippen molar-refractivity contribution in [3.8, 4) is 11.4 Å². The highest BCUT2D eigenvalue weighted by atomic mass is 32.2. The van der Waals surface area contributed by atoms with Gasteiger partial charge < -0.3 is 10.1 Å². The monoisotopic (exact) mass is 419 g/mol. The number of carbonyl (C=O) groups excluding carboxylic acids is 1. The number of thioether (sulfide) groups is 1. The lowest BCUT2D eigenvalue weighted by Crippen LogP contribution is -2.32. The Hall–Kier alpha value is -2.97. The van der Waals surface area contributed by atoms with Crippen LogP contribution in [0.1, 0.15) is 12.8 Å². The van der Waals surface area contributed by atoms with Gasteiger partial charge in [0.25, 0.3) is 0 Å². The van der Waals surface area contributed by atoms with Gasteiger partial charge in [-0.15, -0.1) is 5.10 Å². The van der Waals surface area contributed by atoms with E-state index < -0.39 is 0 Å². The highest BCUT2D eigenvalue weighted by Gasteiger charge is 2.18. The topological polar surface area (TPSA) is 81.4 Å². The van der Waals surface area contributed by atoms with E-state index >= 15 is 0 Å². The zero-order valence-electron chi connectivity index (χ0n) is 16.3. The van der Waals surface area contributed by atoms with Crippen LogP contribution in [0.3, 0.4) is 0 Å². The summed E-state index contributed by atoms with van der Waals surface area (Å²) in [5, 5.41) is 9.22. The van der Waals surface area contributed by atoms with E-state index in [0.717, 1.165) is 41.6 Å². The zero-order chi connectivity index (χ0) is 20.3. The number of ether oxygens (including phenoxy) is 1. The summed E-state index contributed by atoms with van der Waals surface area (Å²) in [6.45, 7) is 1.34. The van der Waals surface area contributed by atoms with Gasteiger partial charge >= 0.3 is 0 Å². The minimum Gasteiger partial charge on any atom is -0.376 e. The first kappa shape index (κ1) is 19.0. The predicted octanol–water partition coefficient (Wildman–Crippen LogP) is 3.33. The fourth-order valence-electron chi connectivity index (χ4n) is 3.55. The number of hydrogen-bond acceptors (Lipinski definition) is 6. The molecule has 0 spiro atoms. The molecule has 0 saturated carbocycles. The SMILES string of the molecule is O=C(CSc1nc2ccccc2c2nc(-c3ccccc3)nn12)NC[C@H]1CCCO1. The van der Waals surface area contributed by atoms with E-state index in [1.165, 1.54) is 11.8 Å². The molecule has 1 aliphatic heterocycles. The first-order chi connectivity index (χ1) is 14.8. The van der Waals surface area contributed by atoms with Crippen LogP contribution in [-0.4, -0.2) is 50.5 Å². The van der Waals surface area contributed by atoms with Gasteiger partial charge in [-0.1, -0.05) is 54.2 Å². The van der Waals surface area contributed by atoms with E-state index in [1.807, 2.05) is 54.6 Å². The summed E-state index contributed by atoms with van der Waals surface area (Å²) in [6, 6.07) is 17.7. The van der Waals surface area contributed by atoms with Crippen LogP contribution in [-0.2, 0) is 9.53 Å². The van der Waals surface area contributed by atoms with Crippen molar-refractivity contribution in [2.45, 2.75) is 24.1 Å². The Labute approximate surface area is 177 Å². The maximum absolute atomic E-state index is 12.3. The molecule has 0 radical (unpaired) electrons. The van der Waals surface area contributed by atoms with Crippen LogP contribution in [0.2, 0.25) is 0 Å². The van der Waals surface area contributed by atoms with Crippen LogP contribution in [0.4, 0.5) is 0 Å². The van der Waals surface area contributed by atoms with Gasteiger partial charge in [-0.25, -0.2) is 9.97 Å². The van der Waals surface area contributed by atoms with E-state index in [4.69, 9.17) is 19.8 Å². The van der Waals surface area contributed by atoms with Crippen LogP contribution >= 0.6 is 11.8 Å². The quantitative estimate of drug-likeness (QED) is 0.381. The molecule has 1 aliphatic rings. The van der Waals surface area contributed by atoms with Crippen molar-refractivity contribution in [1.82, 2.24) is 24.9 Å². The Bertz CT molecular complexity index is 1190. The summed E-state index contributed by atoms with van der Waals surface area (Å²) in [5.41, 5.74) is 2.51. The molecule has 1 amide bonds. The summed E-state index contributed by atoms with van der Waals surface area (Å²) in [6.07, 6.45) is 2.19. The Morgan fingerprint density at radius 1 is 1.13 bits per heavy atom. The van der Waals surface area contributed by atoms with Gasteiger partial charge in [0.15, 0.2) is 16.6 Å². The molecule has 1 saturated heterocycles. The van der Waals surface area contributed by atoms with Gasteiger partial charge in [0.05, 0.1) is 17.4 Å². The average molecular weight is 420 g/mol. The van der Waals surface area contributed by atoms with Gasteiger partial charge in [0.1, 0.15) is 0 Å². The molecule has 3 heterocycles. The number of fused-ring (bicyclic) bond motifs is 3. The number of nitrogens with one attached hydrogen (secondary N) is 1. The summed E-state index contributed by atoms with van der Waals surface area (Å²) in [5.74, 6) is 0.855. The molecule has 2 aromatic carbocycles. The zero-order valence-corrected chi connectivity index (χ0v) is 17.1. The lowest BCUT2D eigenvalue weighted by atomic mass is 10.2. The van der Waals surface area contributed by atoms with Crippen molar-refractivity contribution in [1.29, 1.82) is 0 Å². The summed E-state index contributed by atoms with van der Waals surface area (Å²) in [7, 11) is 0. The van der Waals surface area contributed by atoms with E-state index in [0.29, 0.717) is 17.5 Å². The fraction of sp³-hybridized carbons (Fsp3) is 0.273. The first-order valence-corrected chi connectivity index (χ1v) is 11.0. The van der Waals surface area contributed by atoms with Crippen molar-refractivity contribution in [2.24, 2.45) is 0 Å². The minimum absolute atomic E-state index is 0.0398. The molecule has 0 aliphatic carbocycles. The molecule has 7 nitrogen and oxygen atoms in total. The molecule has 2 aromatic heterocycles. The Morgan fingerprint density at radius 2 is 1.97 bits per heavy atom. The van der Waals surface area contributed by atoms with Crippen molar-refractivity contribution >= 4 is 34.2 Å². The molecule has 8 heteroatoms. The number of carbonyl (C=O) groups is 1. The maximum Gasteiger partial charge on any atom is 0.230 e. The van der Waals surface area contributed by atoms with Crippen molar-refractivity contribution in [3.63, 3.8) is 0 Å². The van der Waals surface area contributed by atoms with Crippen molar-refractivity contribution in [3.05, 3.63) is 54.6 Å². The van der Waals surface area contributed by atoms with Crippen LogP contribution in [0.15, 0.2) is 59.8 Å². The van der Waals surface area contributed by atoms with Crippen LogP contribution in [0.5, 0.6) is 0 Å². The second-order valence-corrected chi connectivity index (χ2v) is 8.12. The number of para-hydroxylation sites is 1. The third-order valence-corrected chi connectivity index (χ3v) is 5.99. The fourth-order valence-corrected chi connectivity index (χ4v) is 4.32. The van der Waals surface area contributed by atoms with E-state index in [-0.39, 0.29) is 17.8 Å². The number of rotatable bonds is 6. The molecule has 5 rings (SSSR count). The molecule has 0 bridgehead atoms. The molecule has 1 N–H and O–H groups in total. The molecular weight excluding hydrogens is 398 g/mol. The average Bonchev–Trinajstić information content (AvgIpc) is 3.47. The molecule has 30 heavy (non-hydrogen) atoms. The Morgan fingerprint density at radius 3 is 2.80 bits per heavy atom. The molecule has 152 valence electrons. The molecule has 1 fully saturated rings. The third kappa shape index (κ3) is 3.88. The standard InChI is InChI=1S/C22H21N5O2S/c28-19(23-13-16-9-6-12-29-16)14-30-22-24-18-11-5-4-10-17(18)21-25-20(26-27(21)22)15-7-2-1-3-8-15/h1-5,7-8,10-11,16H,6,9,12-14H2,(H,23,28)/t16-/m1/s1. The van der Waals surface area contributed by atoms with Gasteiger partial charge in [-0.3, -0.25) is 4.79 Å². The summed E-state index contributed by atoms with van der Waals surface area (Å²) >= 11 is 1.36. The Kier molecular flexibility index (Phi) is 5.33. The second kappa shape index (κ2) is 8.41. The second-order valence-electron chi connectivity index (χ2n) is 7.18. The third-order valence-electron chi connectivity index (χ3n) is 5.06. The Balaban J connectivity index is 1.43. The van der Waals surface area contributed by atoms with E-state index in [2.05, 4.69) is 5.32 Å². The highest BCUT2D eigenvalue weighted by Crippen LogP contribution is 2.26. The van der Waals surface area contributed by atoms with Crippen molar-refractivity contribution in [2.75, 3.05) is 18.9 Å². The van der Waals surface area contributed by atoms with Gasteiger partial charge in [-0.2, -0.15) is 4.52 Å². The van der Waals surface area contributed by atoms with Crippen molar-refractivity contribution < 1.29 is 9.53 Å².